The molecule has 1 N–H and O–H groups in total. The lowest BCUT2D eigenvalue weighted by Gasteiger charge is -2.09. The average molecular weight is 599 g/mol. The van der Waals surface area contributed by atoms with E-state index >= 15 is 0 Å². The molecule has 0 aliphatic carbocycles. The van der Waals surface area contributed by atoms with Crippen molar-refractivity contribution in [2.24, 2.45) is 0 Å². The fourth-order valence-electron chi connectivity index (χ4n) is 3.12. The third-order valence-corrected chi connectivity index (χ3v) is 8.55. The Kier molecular flexibility index (Phi) is 14.9. The van der Waals surface area contributed by atoms with Crippen LogP contribution in [0, 0.1) is 6.92 Å². The highest BCUT2D eigenvalue weighted by Crippen LogP contribution is 2.28. The van der Waals surface area contributed by atoms with Gasteiger partial charge in [-0.25, -0.2) is 16.8 Å². The molecule has 0 atom stereocenters. The number of rotatable bonds is 6. The van der Waals surface area contributed by atoms with Gasteiger partial charge in [-0.2, -0.15) is 0 Å². The van der Waals surface area contributed by atoms with E-state index in [4.69, 9.17) is 4.74 Å². The highest BCUT2D eigenvalue weighted by Gasteiger charge is 2.19. The van der Waals surface area contributed by atoms with Crippen LogP contribution in [-0.4, -0.2) is 21.9 Å². The second-order valence-electron chi connectivity index (χ2n) is 8.77. The molecule has 4 rings (SSSR count). The number of hydrogen-bond acceptors (Lipinski definition) is 6. The third-order valence-electron chi connectivity index (χ3n) is 4.98. The van der Waals surface area contributed by atoms with E-state index in [1.54, 1.807) is 36.4 Å². The molecular weight excluding hydrogens is 556 g/mol. The minimum atomic E-state index is -3.73. The number of ether oxygens (including phenoxy) is 1. The molecule has 0 spiro atoms. The molecule has 0 fully saturated rings. The maximum Gasteiger partial charge on any atom is 0.206 e. The van der Waals surface area contributed by atoms with Gasteiger partial charge in [0.2, 0.25) is 19.7 Å². The topological polar surface area (TPSA) is 97.7 Å². The average Bonchev–Trinajstić information content (AvgIpc) is 2.96. The Balaban J connectivity index is 0.000000949. The van der Waals surface area contributed by atoms with Gasteiger partial charge in [0.15, 0.2) is 0 Å². The van der Waals surface area contributed by atoms with Crippen molar-refractivity contribution < 1.29 is 26.7 Å². The van der Waals surface area contributed by atoms with Crippen molar-refractivity contribution in [2.75, 3.05) is 0 Å². The van der Waals surface area contributed by atoms with Crippen molar-refractivity contribution in [2.45, 2.75) is 80.9 Å². The van der Waals surface area contributed by atoms with Gasteiger partial charge in [-0.3, -0.25) is 0 Å². The Bertz CT molecular complexity index is 1390. The SMILES string of the molecule is CC.CCC.CCC.Cc1ccc(S(=O)(=O)c2ccc(Oc3ccc(S(=O)(=O)c4ccc(O)cc4)cc3)cc2)cc1. The van der Waals surface area contributed by atoms with Crippen molar-refractivity contribution in [1.82, 2.24) is 0 Å². The van der Waals surface area contributed by atoms with Gasteiger partial charge in [-0.15, -0.1) is 0 Å². The summed E-state index contributed by atoms with van der Waals surface area (Å²) in [5, 5.41) is 9.35. The van der Waals surface area contributed by atoms with Crippen LogP contribution in [0.4, 0.5) is 0 Å². The van der Waals surface area contributed by atoms with Gasteiger partial charge in [0.25, 0.3) is 0 Å². The largest absolute Gasteiger partial charge is 0.508 e. The predicted octanol–water partition coefficient (Wildman–Crippen LogP) is 9.02. The first-order valence-electron chi connectivity index (χ1n) is 13.7. The maximum absolute atomic E-state index is 12.8. The summed E-state index contributed by atoms with van der Waals surface area (Å²) < 4.78 is 56.7. The summed E-state index contributed by atoms with van der Waals surface area (Å²) >= 11 is 0. The van der Waals surface area contributed by atoms with Crippen LogP contribution < -0.4 is 4.74 Å². The molecule has 4 aromatic carbocycles. The van der Waals surface area contributed by atoms with Crippen LogP contribution >= 0.6 is 0 Å². The molecule has 0 aliphatic heterocycles. The first-order chi connectivity index (χ1) is 19.5. The summed E-state index contributed by atoms with van der Waals surface area (Å²) in [5.74, 6) is 0.788. The van der Waals surface area contributed by atoms with Gasteiger partial charge in [0, 0.05) is 0 Å². The van der Waals surface area contributed by atoms with Crippen molar-refractivity contribution in [1.29, 1.82) is 0 Å². The van der Waals surface area contributed by atoms with E-state index in [1.165, 1.54) is 73.5 Å². The fraction of sp³-hybridized carbons (Fsp3) is 0.273. The summed E-state index contributed by atoms with van der Waals surface area (Å²) in [6.45, 7) is 14.4. The molecule has 4 aromatic rings. The lowest BCUT2D eigenvalue weighted by atomic mass is 10.2. The highest BCUT2D eigenvalue weighted by atomic mass is 32.2. The molecule has 6 nitrogen and oxygen atoms in total. The van der Waals surface area contributed by atoms with Crippen LogP contribution in [-0.2, 0) is 19.7 Å². The van der Waals surface area contributed by atoms with Crippen LogP contribution in [0.3, 0.4) is 0 Å². The number of sulfone groups is 2. The van der Waals surface area contributed by atoms with E-state index in [1.807, 2.05) is 20.8 Å². The van der Waals surface area contributed by atoms with Crippen LogP contribution in [0.2, 0.25) is 0 Å². The molecule has 0 radical (unpaired) electrons. The number of phenols is 1. The minimum absolute atomic E-state index is 0.0182. The van der Waals surface area contributed by atoms with E-state index in [2.05, 4.69) is 27.7 Å². The molecule has 0 aromatic heterocycles. The summed E-state index contributed by atoms with van der Waals surface area (Å²) in [5.41, 5.74) is 0.972. The fourth-order valence-corrected chi connectivity index (χ4v) is 5.65. The van der Waals surface area contributed by atoms with E-state index in [9.17, 15) is 21.9 Å². The van der Waals surface area contributed by atoms with Crippen LogP contribution in [0.15, 0.2) is 117 Å². The lowest BCUT2D eigenvalue weighted by molar-refractivity contribution is 0.474. The minimum Gasteiger partial charge on any atom is -0.508 e. The zero-order valence-corrected chi connectivity index (χ0v) is 26.6. The molecule has 0 heterocycles. The van der Waals surface area contributed by atoms with E-state index < -0.39 is 19.7 Å². The Labute approximate surface area is 246 Å². The molecule has 0 unspecified atom stereocenters. The molecular formula is C33H42O6S2. The van der Waals surface area contributed by atoms with Crippen molar-refractivity contribution in [3.8, 4) is 17.2 Å². The van der Waals surface area contributed by atoms with Crippen LogP contribution in [0.1, 0.15) is 59.9 Å². The van der Waals surface area contributed by atoms with Crippen molar-refractivity contribution in [3.05, 3.63) is 103 Å². The Morgan fingerprint density at radius 2 is 0.756 bits per heavy atom. The van der Waals surface area contributed by atoms with Crippen LogP contribution in [0.25, 0.3) is 0 Å². The van der Waals surface area contributed by atoms with E-state index in [0.717, 1.165) is 5.56 Å². The van der Waals surface area contributed by atoms with E-state index in [-0.39, 0.29) is 25.3 Å². The number of hydrogen-bond donors (Lipinski definition) is 1. The third kappa shape index (κ3) is 10.4. The summed E-state index contributed by atoms with van der Waals surface area (Å²) in [7, 11) is -7.36. The number of aromatic hydroxyl groups is 1. The Morgan fingerprint density at radius 1 is 0.512 bits per heavy atom. The number of phenolic OH excluding ortho intramolecular Hbond substituents is 1. The standard InChI is InChI=1S/C25H20O6S2.2C3H8.C2H6/c1-18-2-10-22(11-3-18)32(27,28)24-14-6-20(7-15-24)31-21-8-16-25(17-9-21)33(29,30)23-12-4-19(26)5-13-23;2*1-3-2;1-2/h2-17,26H,1H3;2*3H2,1-2H3;1-2H3. The van der Waals surface area contributed by atoms with Gasteiger partial charge in [0.05, 0.1) is 19.6 Å². The van der Waals surface area contributed by atoms with Crippen LogP contribution in [0.5, 0.6) is 17.2 Å². The first-order valence-corrected chi connectivity index (χ1v) is 16.7. The summed E-state index contributed by atoms with van der Waals surface area (Å²) in [6.07, 6.45) is 2.50. The summed E-state index contributed by atoms with van der Waals surface area (Å²) in [4.78, 5) is 0.514. The van der Waals surface area contributed by atoms with Gasteiger partial charge in [0.1, 0.15) is 17.2 Å². The Hall–Kier alpha value is -3.62. The molecule has 41 heavy (non-hydrogen) atoms. The molecule has 0 aliphatic rings. The zero-order valence-electron chi connectivity index (χ0n) is 25.0. The zero-order chi connectivity index (χ0) is 31.1. The second-order valence-corrected chi connectivity index (χ2v) is 12.7. The molecule has 0 saturated carbocycles. The molecule has 222 valence electrons. The predicted molar refractivity (Wildman–Crippen MR) is 166 cm³/mol. The van der Waals surface area contributed by atoms with Gasteiger partial charge >= 0.3 is 0 Å². The smallest absolute Gasteiger partial charge is 0.206 e. The molecule has 0 saturated heterocycles. The van der Waals surface area contributed by atoms with E-state index in [0.29, 0.717) is 11.5 Å². The highest BCUT2D eigenvalue weighted by molar-refractivity contribution is 7.91. The molecule has 0 amide bonds. The summed E-state index contributed by atoms with van der Waals surface area (Å²) in [6, 6.07) is 23.8. The maximum atomic E-state index is 12.8. The molecule has 0 bridgehead atoms. The van der Waals surface area contributed by atoms with Crippen molar-refractivity contribution in [3.63, 3.8) is 0 Å². The second kappa shape index (κ2) is 17.3. The van der Waals surface area contributed by atoms with Gasteiger partial charge in [-0.1, -0.05) is 72.1 Å². The first kappa shape index (κ1) is 35.4. The number of benzene rings is 4. The van der Waals surface area contributed by atoms with Gasteiger partial charge < -0.3 is 9.84 Å². The monoisotopic (exact) mass is 598 g/mol. The van der Waals surface area contributed by atoms with Crippen molar-refractivity contribution >= 4 is 19.7 Å². The van der Waals surface area contributed by atoms with Gasteiger partial charge in [-0.05, 0) is 91.9 Å². The Morgan fingerprint density at radius 3 is 1.05 bits per heavy atom. The normalized spacial score (nSPS) is 10.5. The number of aryl methyl sites for hydroxylation is 1. The lowest BCUT2D eigenvalue weighted by Crippen LogP contribution is -2.02. The quantitative estimate of drug-likeness (QED) is 0.238. The molecule has 8 heteroatoms.